The van der Waals surface area contributed by atoms with Crippen LogP contribution in [-0.4, -0.2) is 53.1 Å². The molecule has 2 amide bonds. The van der Waals surface area contributed by atoms with Gasteiger partial charge in [-0.05, 0) is 68.3 Å². The number of nitrogens with zero attached hydrogens (tertiary/aromatic N) is 3. The fourth-order valence-corrected chi connectivity index (χ4v) is 3.65. The lowest BCUT2D eigenvalue weighted by Crippen LogP contribution is -2.43. The van der Waals surface area contributed by atoms with Crippen LogP contribution >= 0.6 is 0 Å². The second-order valence-corrected chi connectivity index (χ2v) is 9.01. The predicted molar refractivity (Wildman–Crippen MR) is 137 cm³/mol. The number of amides is 2. The van der Waals surface area contributed by atoms with Crippen molar-refractivity contribution in [2.45, 2.75) is 40.2 Å². The summed E-state index contributed by atoms with van der Waals surface area (Å²) in [7, 11) is 3.23. The molecule has 0 bridgehead atoms. The van der Waals surface area contributed by atoms with Gasteiger partial charge >= 0.3 is 0 Å². The van der Waals surface area contributed by atoms with Crippen molar-refractivity contribution in [2.24, 2.45) is 5.92 Å². The molecule has 0 radical (unpaired) electrons. The maximum Gasteiger partial charge on any atom is 0.246 e. The van der Waals surface area contributed by atoms with E-state index in [9.17, 15) is 9.59 Å². The van der Waals surface area contributed by atoms with Crippen LogP contribution < -0.4 is 14.8 Å². The average Bonchev–Trinajstić information content (AvgIpc) is 3.25. The normalized spacial score (nSPS) is 11.0. The van der Waals surface area contributed by atoms with Crippen molar-refractivity contribution in [1.82, 2.24) is 14.5 Å². The first-order chi connectivity index (χ1) is 16.7. The van der Waals surface area contributed by atoms with Gasteiger partial charge in [0.15, 0.2) is 0 Å². The third-order valence-corrected chi connectivity index (χ3v) is 5.53. The molecule has 3 rings (SSSR count). The van der Waals surface area contributed by atoms with Crippen LogP contribution in [0.1, 0.15) is 34.1 Å². The van der Waals surface area contributed by atoms with E-state index < -0.39 is 0 Å². The van der Waals surface area contributed by atoms with Crippen molar-refractivity contribution in [3.05, 3.63) is 54.7 Å². The molecular formula is C27H34N4O4. The molecule has 1 heterocycles. The molecule has 0 aliphatic carbocycles. The number of ether oxygens (including phenoxy) is 2. The van der Waals surface area contributed by atoms with E-state index in [2.05, 4.69) is 5.32 Å². The van der Waals surface area contributed by atoms with E-state index >= 15 is 0 Å². The monoisotopic (exact) mass is 478 g/mol. The molecule has 3 aromatic rings. The van der Waals surface area contributed by atoms with E-state index in [4.69, 9.17) is 14.5 Å². The molecule has 0 atom stereocenters. The Morgan fingerprint density at radius 1 is 0.943 bits per heavy atom. The van der Waals surface area contributed by atoms with Crippen molar-refractivity contribution >= 4 is 17.8 Å². The first-order valence-electron chi connectivity index (χ1n) is 11.7. The number of carbonyl (C=O) groups excluding carboxylic acids is 2. The van der Waals surface area contributed by atoms with Gasteiger partial charge in [0, 0.05) is 29.9 Å². The van der Waals surface area contributed by atoms with Gasteiger partial charge < -0.3 is 14.4 Å². The Balaban J connectivity index is 1.91. The summed E-state index contributed by atoms with van der Waals surface area (Å²) in [5, 5.41) is 2.91. The number of rotatable bonds is 10. The van der Waals surface area contributed by atoms with Gasteiger partial charge in [-0.2, -0.15) is 0 Å². The fourth-order valence-electron chi connectivity index (χ4n) is 3.65. The number of imidazole rings is 1. The summed E-state index contributed by atoms with van der Waals surface area (Å²) >= 11 is 0. The van der Waals surface area contributed by atoms with Gasteiger partial charge in [-0.15, -0.1) is 0 Å². The summed E-state index contributed by atoms with van der Waals surface area (Å²) < 4.78 is 12.3. The largest absolute Gasteiger partial charge is 0.497 e. The summed E-state index contributed by atoms with van der Waals surface area (Å²) in [6, 6.07) is 14.9. The van der Waals surface area contributed by atoms with E-state index in [0.717, 1.165) is 22.7 Å². The molecule has 2 aromatic carbocycles. The highest BCUT2D eigenvalue weighted by Crippen LogP contribution is 2.27. The molecule has 1 N–H and O–H groups in total. The number of hydrogen-bond donors (Lipinski definition) is 1. The number of hydrogen-bond acceptors (Lipinski definition) is 5. The zero-order chi connectivity index (χ0) is 25.5. The van der Waals surface area contributed by atoms with Crippen molar-refractivity contribution in [2.75, 3.05) is 26.1 Å². The van der Waals surface area contributed by atoms with Crippen molar-refractivity contribution < 1.29 is 19.1 Å². The minimum absolute atomic E-state index is 0.0393. The van der Waals surface area contributed by atoms with Gasteiger partial charge in [-0.3, -0.25) is 19.5 Å². The maximum absolute atomic E-state index is 13.0. The molecule has 0 fully saturated rings. The molecule has 0 aliphatic rings. The Morgan fingerprint density at radius 3 is 2.03 bits per heavy atom. The molecule has 1 aromatic heterocycles. The Bertz CT molecular complexity index is 1130. The first-order valence-corrected chi connectivity index (χ1v) is 11.7. The number of benzene rings is 2. The van der Waals surface area contributed by atoms with E-state index in [1.54, 1.807) is 19.1 Å². The third-order valence-electron chi connectivity index (χ3n) is 5.53. The van der Waals surface area contributed by atoms with Crippen LogP contribution in [0.2, 0.25) is 0 Å². The molecule has 0 unspecified atom stereocenters. The molecule has 0 saturated carbocycles. The molecule has 0 spiro atoms. The van der Waals surface area contributed by atoms with E-state index in [0.29, 0.717) is 18.1 Å². The van der Waals surface area contributed by atoms with Crippen molar-refractivity contribution in [1.29, 1.82) is 0 Å². The summed E-state index contributed by atoms with van der Waals surface area (Å²) in [6.45, 7) is 7.75. The smallest absolute Gasteiger partial charge is 0.246 e. The number of nitrogens with one attached hydrogen (secondary N) is 1. The maximum atomic E-state index is 13.0. The zero-order valence-corrected chi connectivity index (χ0v) is 21.2. The standard InChI is InChI=1S/C27H34N4O4/c1-18(2)15-26(33)30(19(3)4)17-25(32)29-27-28-24(20-7-11-22(34-5)12-8-20)16-31(27)21-9-13-23(35-6)14-10-21/h7-14,16,18-19H,15,17H2,1-6H3,(H,28,29,32). The van der Waals surface area contributed by atoms with Crippen LogP contribution in [0, 0.1) is 5.92 Å². The van der Waals surface area contributed by atoms with Crippen LogP contribution in [0.15, 0.2) is 54.7 Å². The van der Waals surface area contributed by atoms with Crippen molar-refractivity contribution in [3.8, 4) is 28.4 Å². The fraction of sp³-hybridized carbons (Fsp3) is 0.370. The number of methoxy groups -OCH3 is 2. The highest BCUT2D eigenvalue weighted by Gasteiger charge is 2.22. The van der Waals surface area contributed by atoms with Crippen LogP contribution in [0.25, 0.3) is 16.9 Å². The number of anilines is 1. The van der Waals surface area contributed by atoms with Gasteiger partial charge in [0.05, 0.1) is 19.9 Å². The lowest BCUT2D eigenvalue weighted by atomic mass is 10.1. The van der Waals surface area contributed by atoms with Crippen molar-refractivity contribution in [3.63, 3.8) is 0 Å². The van der Waals surface area contributed by atoms with Gasteiger partial charge in [0.25, 0.3) is 0 Å². The lowest BCUT2D eigenvalue weighted by molar-refractivity contribution is -0.137. The molecule has 35 heavy (non-hydrogen) atoms. The molecule has 186 valence electrons. The third kappa shape index (κ3) is 6.62. The van der Waals surface area contributed by atoms with Crippen LogP contribution in [-0.2, 0) is 9.59 Å². The van der Waals surface area contributed by atoms with Gasteiger partial charge in [0.2, 0.25) is 17.8 Å². The van der Waals surface area contributed by atoms with Crippen LogP contribution in [0.3, 0.4) is 0 Å². The average molecular weight is 479 g/mol. The molecule has 8 heteroatoms. The Kier molecular flexibility index (Phi) is 8.52. The predicted octanol–water partition coefficient (Wildman–Crippen LogP) is 4.78. The van der Waals surface area contributed by atoms with Gasteiger partial charge in [-0.1, -0.05) is 13.8 Å². The SMILES string of the molecule is COc1ccc(-c2cn(-c3ccc(OC)cc3)c(NC(=O)CN(C(=O)CC(C)C)C(C)C)n2)cc1. The molecule has 0 saturated heterocycles. The van der Waals surface area contributed by atoms with E-state index in [-0.39, 0.29) is 30.3 Å². The van der Waals surface area contributed by atoms with Crippen LogP contribution in [0.4, 0.5) is 5.95 Å². The summed E-state index contributed by atoms with van der Waals surface area (Å²) in [5.41, 5.74) is 2.38. The quantitative estimate of drug-likeness (QED) is 0.453. The molecule has 8 nitrogen and oxygen atoms in total. The summed E-state index contributed by atoms with van der Waals surface area (Å²) in [6.07, 6.45) is 2.26. The summed E-state index contributed by atoms with van der Waals surface area (Å²) in [5.74, 6) is 1.71. The minimum Gasteiger partial charge on any atom is -0.497 e. The highest BCUT2D eigenvalue weighted by molar-refractivity contribution is 5.94. The summed E-state index contributed by atoms with van der Waals surface area (Å²) in [4.78, 5) is 32.0. The van der Waals surface area contributed by atoms with Gasteiger partial charge in [-0.25, -0.2) is 4.98 Å². The van der Waals surface area contributed by atoms with Gasteiger partial charge in [0.1, 0.15) is 18.0 Å². The van der Waals surface area contributed by atoms with Crippen LogP contribution in [0.5, 0.6) is 11.5 Å². The second kappa shape index (κ2) is 11.6. The molecule has 0 aliphatic heterocycles. The number of aromatic nitrogens is 2. The lowest BCUT2D eigenvalue weighted by Gasteiger charge is -2.27. The number of carbonyl (C=O) groups is 2. The second-order valence-electron chi connectivity index (χ2n) is 9.01. The Hall–Kier alpha value is -3.81. The minimum atomic E-state index is -0.308. The molecular weight excluding hydrogens is 444 g/mol. The van der Waals surface area contributed by atoms with E-state index in [1.807, 2.05) is 87.0 Å². The van der Waals surface area contributed by atoms with E-state index in [1.165, 1.54) is 0 Å². The first kappa shape index (κ1) is 25.8. The topological polar surface area (TPSA) is 85.7 Å². The highest BCUT2D eigenvalue weighted by atomic mass is 16.5. The zero-order valence-electron chi connectivity index (χ0n) is 21.2. The Morgan fingerprint density at radius 2 is 1.51 bits per heavy atom. The Labute approximate surface area is 206 Å².